The molecule has 0 spiro atoms. The standard InChI is InChI=1S/C19H22N4O2/c1-23(2)13-15-6-3-5-14(9-15)11-21-19(24)18-10-17(22-25-18)16-7-4-8-20-12-16/h3-9,12,18H,10-11,13H2,1-2H3,(H,21,24)/t18-/m1/s1. The number of nitrogens with zero attached hydrogens (tertiary/aromatic N) is 3. The van der Waals surface area contributed by atoms with Crippen molar-refractivity contribution in [2.75, 3.05) is 14.1 Å². The molecule has 130 valence electrons. The molecule has 0 saturated heterocycles. The zero-order chi connectivity index (χ0) is 17.6. The summed E-state index contributed by atoms with van der Waals surface area (Å²) in [5, 5.41) is 6.95. The first kappa shape index (κ1) is 17.1. The second kappa shape index (κ2) is 7.90. The molecule has 1 aliphatic rings. The fraction of sp³-hybridized carbons (Fsp3) is 0.316. The Hall–Kier alpha value is -2.73. The van der Waals surface area contributed by atoms with Gasteiger partial charge in [0.05, 0.1) is 5.71 Å². The smallest absolute Gasteiger partial charge is 0.264 e. The van der Waals surface area contributed by atoms with Gasteiger partial charge in [0.1, 0.15) is 0 Å². The van der Waals surface area contributed by atoms with Gasteiger partial charge in [-0.05, 0) is 37.4 Å². The highest BCUT2D eigenvalue weighted by Gasteiger charge is 2.28. The summed E-state index contributed by atoms with van der Waals surface area (Å²) >= 11 is 0. The van der Waals surface area contributed by atoms with Crippen molar-refractivity contribution in [1.29, 1.82) is 0 Å². The van der Waals surface area contributed by atoms with Gasteiger partial charge in [0.15, 0.2) is 0 Å². The summed E-state index contributed by atoms with van der Waals surface area (Å²) in [4.78, 5) is 23.8. The van der Waals surface area contributed by atoms with Gasteiger partial charge < -0.3 is 15.1 Å². The van der Waals surface area contributed by atoms with Crippen LogP contribution in [-0.4, -0.2) is 41.7 Å². The van der Waals surface area contributed by atoms with E-state index in [0.717, 1.165) is 23.4 Å². The van der Waals surface area contributed by atoms with E-state index in [1.807, 2.05) is 38.4 Å². The van der Waals surface area contributed by atoms with Crippen LogP contribution in [0.3, 0.4) is 0 Å². The van der Waals surface area contributed by atoms with Crippen LogP contribution in [0, 0.1) is 0 Å². The molecule has 6 nitrogen and oxygen atoms in total. The van der Waals surface area contributed by atoms with Gasteiger partial charge in [0.2, 0.25) is 6.10 Å². The first-order valence-electron chi connectivity index (χ1n) is 8.25. The molecule has 0 fully saturated rings. The first-order chi connectivity index (χ1) is 12.1. The molecule has 1 atom stereocenters. The van der Waals surface area contributed by atoms with Crippen LogP contribution in [0.1, 0.15) is 23.1 Å². The van der Waals surface area contributed by atoms with E-state index in [1.54, 1.807) is 12.4 Å². The molecule has 0 bridgehead atoms. The van der Waals surface area contributed by atoms with E-state index in [2.05, 4.69) is 32.5 Å². The number of benzene rings is 1. The molecule has 1 amide bonds. The van der Waals surface area contributed by atoms with E-state index in [0.29, 0.717) is 13.0 Å². The number of amides is 1. The minimum Gasteiger partial charge on any atom is -0.382 e. The van der Waals surface area contributed by atoms with Crippen molar-refractivity contribution >= 4 is 11.6 Å². The molecule has 0 radical (unpaired) electrons. The Kier molecular flexibility index (Phi) is 5.40. The third-order valence-electron chi connectivity index (χ3n) is 3.91. The van der Waals surface area contributed by atoms with Crippen molar-refractivity contribution in [2.24, 2.45) is 5.16 Å². The molecule has 6 heteroatoms. The zero-order valence-corrected chi connectivity index (χ0v) is 14.5. The summed E-state index contributed by atoms with van der Waals surface area (Å²) in [7, 11) is 4.07. The van der Waals surface area contributed by atoms with Crippen molar-refractivity contribution in [3.8, 4) is 0 Å². The highest BCUT2D eigenvalue weighted by Crippen LogP contribution is 2.16. The third-order valence-corrected chi connectivity index (χ3v) is 3.91. The fourth-order valence-corrected chi connectivity index (χ4v) is 2.73. The second-order valence-electron chi connectivity index (χ2n) is 6.35. The van der Waals surface area contributed by atoms with Gasteiger partial charge >= 0.3 is 0 Å². The molecule has 0 unspecified atom stereocenters. The highest BCUT2D eigenvalue weighted by atomic mass is 16.6. The summed E-state index contributed by atoms with van der Waals surface area (Å²) in [5.41, 5.74) is 3.92. The average Bonchev–Trinajstić information content (AvgIpc) is 3.10. The molecular weight excluding hydrogens is 316 g/mol. The molecule has 1 aliphatic heterocycles. The van der Waals surface area contributed by atoms with E-state index in [1.165, 1.54) is 5.56 Å². The maximum absolute atomic E-state index is 12.3. The van der Waals surface area contributed by atoms with Crippen LogP contribution in [0.5, 0.6) is 0 Å². The molecule has 0 saturated carbocycles. The summed E-state index contributed by atoms with van der Waals surface area (Å²) in [5.74, 6) is -0.152. The molecule has 1 aromatic heterocycles. The lowest BCUT2D eigenvalue weighted by molar-refractivity contribution is -0.131. The van der Waals surface area contributed by atoms with E-state index in [9.17, 15) is 4.79 Å². The first-order valence-corrected chi connectivity index (χ1v) is 8.25. The van der Waals surface area contributed by atoms with Crippen molar-refractivity contribution in [3.05, 3.63) is 65.5 Å². The van der Waals surface area contributed by atoms with Crippen LogP contribution in [0.25, 0.3) is 0 Å². The molecule has 1 N–H and O–H groups in total. The zero-order valence-electron chi connectivity index (χ0n) is 14.5. The second-order valence-corrected chi connectivity index (χ2v) is 6.35. The fourth-order valence-electron chi connectivity index (χ4n) is 2.73. The van der Waals surface area contributed by atoms with E-state index < -0.39 is 6.10 Å². The lowest BCUT2D eigenvalue weighted by Gasteiger charge is -2.12. The van der Waals surface area contributed by atoms with Gasteiger partial charge in [-0.25, -0.2) is 0 Å². The number of rotatable bonds is 6. The number of oxime groups is 1. The number of hydrogen-bond acceptors (Lipinski definition) is 5. The lowest BCUT2D eigenvalue weighted by Crippen LogP contribution is -2.34. The predicted molar refractivity (Wildman–Crippen MR) is 95.9 cm³/mol. The minimum absolute atomic E-state index is 0.152. The summed E-state index contributed by atoms with van der Waals surface area (Å²) in [6.07, 6.45) is 3.30. The summed E-state index contributed by atoms with van der Waals surface area (Å²) in [6, 6.07) is 12.0. The number of hydrogen-bond donors (Lipinski definition) is 1. The molecule has 3 rings (SSSR count). The van der Waals surface area contributed by atoms with E-state index in [4.69, 9.17) is 4.84 Å². The molecule has 2 aromatic rings. The topological polar surface area (TPSA) is 66.8 Å². The maximum atomic E-state index is 12.3. The number of carbonyl (C=O) groups excluding carboxylic acids is 1. The van der Waals surface area contributed by atoms with Crippen molar-refractivity contribution in [3.63, 3.8) is 0 Å². The van der Waals surface area contributed by atoms with Crippen LogP contribution >= 0.6 is 0 Å². The molecule has 1 aromatic carbocycles. The highest BCUT2D eigenvalue weighted by molar-refractivity contribution is 6.03. The van der Waals surface area contributed by atoms with Gasteiger partial charge in [0, 0.05) is 37.5 Å². The Bertz CT molecular complexity index is 759. The number of pyridine rings is 1. The normalized spacial score (nSPS) is 16.4. The van der Waals surface area contributed by atoms with E-state index >= 15 is 0 Å². The molecule has 25 heavy (non-hydrogen) atoms. The Morgan fingerprint density at radius 3 is 2.88 bits per heavy atom. The van der Waals surface area contributed by atoms with Crippen molar-refractivity contribution in [2.45, 2.75) is 25.6 Å². The summed E-state index contributed by atoms with van der Waals surface area (Å²) < 4.78 is 0. The average molecular weight is 338 g/mol. The summed E-state index contributed by atoms with van der Waals surface area (Å²) in [6.45, 7) is 1.35. The van der Waals surface area contributed by atoms with E-state index in [-0.39, 0.29) is 5.91 Å². The van der Waals surface area contributed by atoms with Gasteiger partial charge in [-0.15, -0.1) is 0 Å². The minimum atomic E-state index is -0.583. The number of nitrogens with one attached hydrogen (secondary N) is 1. The quantitative estimate of drug-likeness (QED) is 0.874. The maximum Gasteiger partial charge on any atom is 0.264 e. The van der Waals surface area contributed by atoms with Crippen LogP contribution in [0.2, 0.25) is 0 Å². The van der Waals surface area contributed by atoms with Crippen LogP contribution in [0.15, 0.2) is 53.9 Å². The Morgan fingerprint density at radius 2 is 2.12 bits per heavy atom. The van der Waals surface area contributed by atoms with Crippen LogP contribution < -0.4 is 5.32 Å². The van der Waals surface area contributed by atoms with Gasteiger partial charge in [-0.2, -0.15) is 0 Å². The monoisotopic (exact) mass is 338 g/mol. The largest absolute Gasteiger partial charge is 0.382 e. The van der Waals surface area contributed by atoms with Gasteiger partial charge in [0.25, 0.3) is 5.91 Å². The molecule has 2 heterocycles. The van der Waals surface area contributed by atoms with Gasteiger partial charge in [-0.3, -0.25) is 9.78 Å². The Morgan fingerprint density at radius 1 is 1.28 bits per heavy atom. The van der Waals surface area contributed by atoms with Crippen LogP contribution in [0.4, 0.5) is 0 Å². The Labute approximate surface area is 147 Å². The van der Waals surface area contributed by atoms with Crippen molar-refractivity contribution in [1.82, 2.24) is 15.2 Å². The third kappa shape index (κ3) is 4.64. The number of aromatic nitrogens is 1. The number of carbonyl (C=O) groups is 1. The molecule has 0 aliphatic carbocycles. The van der Waals surface area contributed by atoms with Crippen molar-refractivity contribution < 1.29 is 9.63 Å². The molecular formula is C19H22N4O2. The Balaban J connectivity index is 1.52. The predicted octanol–water partition coefficient (Wildman–Crippen LogP) is 1.95. The lowest BCUT2D eigenvalue weighted by atomic mass is 10.1. The SMILES string of the molecule is CN(C)Cc1cccc(CNC(=O)[C@H]2CC(c3cccnc3)=NO2)c1. The van der Waals surface area contributed by atoms with Gasteiger partial charge in [-0.1, -0.05) is 29.4 Å². The van der Waals surface area contributed by atoms with Crippen LogP contribution in [-0.2, 0) is 22.7 Å².